The average molecular weight is 522 g/mol. The number of amides is 1. The van der Waals surface area contributed by atoms with Crippen molar-refractivity contribution in [3.05, 3.63) is 71.7 Å². The number of pyridine rings is 2. The maximum atomic E-state index is 15.1. The summed E-state index contributed by atoms with van der Waals surface area (Å²) in [6.07, 6.45) is 4.72. The topological polar surface area (TPSA) is 91.8 Å². The second-order valence-electron chi connectivity index (χ2n) is 8.73. The number of nitrogens with zero attached hydrogens (tertiary/aromatic N) is 2. The zero-order chi connectivity index (χ0) is 26.8. The van der Waals surface area contributed by atoms with E-state index in [9.17, 15) is 4.79 Å². The predicted molar refractivity (Wildman–Crippen MR) is 136 cm³/mol. The number of hydrogen-bond donors (Lipinski definition) is 1. The number of fused-ring (bicyclic) bond motifs is 1. The number of ether oxygens (including phenoxy) is 4. The van der Waals surface area contributed by atoms with Crippen molar-refractivity contribution in [2.45, 2.75) is 32.8 Å². The highest BCUT2D eigenvalue weighted by molar-refractivity contribution is 6.06. The Kier molecular flexibility index (Phi) is 6.95. The molecular formula is C28H25F2N3O5. The lowest BCUT2D eigenvalue weighted by Gasteiger charge is -2.15. The molecular weight excluding hydrogens is 496 g/mol. The molecule has 2 aromatic heterocycles. The summed E-state index contributed by atoms with van der Waals surface area (Å²) in [7, 11) is 1.49. The third kappa shape index (κ3) is 5.29. The Labute approximate surface area is 217 Å². The molecule has 1 aliphatic rings. The lowest BCUT2D eigenvalue weighted by atomic mass is 10.1. The Morgan fingerprint density at radius 1 is 1.03 bits per heavy atom. The quantitative estimate of drug-likeness (QED) is 0.280. The zero-order valence-corrected chi connectivity index (χ0v) is 21.0. The summed E-state index contributed by atoms with van der Waals surface area (Å²) in [6.45, 7) is 4.05. The van der Waals surface area contributed by atoms with Crippen molar-refractivity contribution in [1.29, 1.82) is 0 Å². The van der Waals surface area contributed by atoms with E-state index in [0.29, 0.717) is 40.5 Å². The molecule has 0 unspecified atom stereocenters. The van der Waals surface area contributed by atoms with Crippen LogP contribution in [0.25, 0.3) is 10.9 Å². The largest absolute Gasteiger partial charge is 0.493 e. The van der Waals surface area contributed by atoms with Gasteiger partial charge in [-0.2, -0.15) is 0 Å². The van der Waals surface area contributed by atoms with Crippen LogP contribution in [0, 0.1) is 18.6 Å². The maximum Gasteiger partial charge on any atom is 0.261 e. The van der Waals surface area contributed by atoms with E-state index in [-0.39, 0.29) is 23.1 Å². The third-order valence-corrected chi connectivity index (χ3v) is 5.82. The van der Waals surface area contributed by atoms with Crippen LogP contribution in [0.2, 0.25) is 0 Å². The Morgan fingerprint density at radius 2 is 1.79 bits per heavy atom. The minimum atomic E-state index is -1.00. The molecule has 0 radical (unpaired) electrons. The lowest BCUT2D eigenvalue weighted by molar-refractivity contribution is 0.102. The minimum absolute atomic E-state index is 0.0599. The maximum absolute atomic E-state index is 15.1. The highest BCUT2D eigenvalue weighted by Gasteiger charge is 2.26. The van der Waals surface area contributed by atoms with Gasteiger partial charge in [0.1, 0.15) is 17.1 Å². The number of hydrogen-bond acceptors (Lipinski definition) is 7. The number of nitrogens with one attached hydrogen (secondary N) is 1. The summed E-state index contributed by atoms with van der Waals surface area (Å²) in [5.74, 6) is -1.77. The summed E-state index contributed by atoms with van der Waals surface area (Å²) in [5.41, 5.74) is 1.27. The van der Waals surface area contributed by atoms with E-state index in [4.69, 9.17) is 18.9 Å². The van der Waals surface area contributed by atoms with Crippen molar-refractivity contribution in [3.63, 3.8) is 0 Å². The molecule has 38 heavy (non-hydrogen) atoms. The van der Waals surface area contributed by atoms with Crippen molar-refractivity contribution in [1.82, 2.24) is 9.97 Å². The van der Waals surface area contributed by atoms with Crippen LogP contribution in [0.1, 0.15) is 35.8 Å². The normalized spacial score (nSPS) is 12.8. The Morgan fingerprint density at radius 3 is 2.47 bits per heavy atom. The summed E-state index contributed by atoms with van der Waals surface area (Å²) >= 11 is 0. The predicted octanol–water partition coefficient (Wildman–Crippen LogP) is 6.21. The van der Waals surface area contributed by atoms with Gasteiger partial charge in [0.05, 0.1) is 25.3 Å². The first-order chi connectivity index (χ1) is 18.4. The van der Waals surface area contributed by atoms with Crippen molar-refractivity contribution in [2.75, 3.05) is 19.0 Å². The summed E-state index contributed by atoms with van der Waals surface area (Å²) in [4.78, 5) is 21.3. The van der Waals surface area contributed by atoms with Gasteiger partial charge in [-0.1, -0.05) is 0 Å². The monoisotopic (exact) mass is 521 g/mol. The van der Waals surface area contributed by atoms with Crippen molar-refractivity contribution < 1.29 is 32.5 Å². The van der Waals surface area contributed by atoms with E-state index in [1.54, 1.807) is 25.1 Å². The van der Waals surface area contributed by atoms with Crippen LogP contribution in [0.4, 0.5) is 14.5 Å². The second kappa shape index (κ2) is 10.5. The molecule has 0 bridgehead atoms. The molecule has 8 nitrogen and oxygen atoms in total. The van der Waals surface area contributed by atoms with E-state index < -0.39 is 23.3 Å². The molecule has 196 valence electrons. The Balaban J connectivity index is 1.41. The van der Waals surface area contributed by atoms with Crippen molar-refractivity contribution in [2.24, 2.45) is 0 Å². The molecule has 1 aliphatic carbocycles. The second-order valence-corrected chi connectivity index (χ2v) is 8.73. The number of halogens is 2. The number of aryl methyl sites for hydroxylation is 1. The highest BCUT2D eigenvalue weighted by Crippen LogP contribution is 2.39. The molecule has 2 heterocycles. The first-order valence-electron chi connectivity index (χ1n) is 12.1. The van der Waals surface area contributed by atoms with E-state index in [1.165, 1.54) is 25.6 Å². The fourth-order valence-corrected chi connectivity index (χ4v) is 3.85. The molecule has 1 saturated carbocycles. The van der Waals surface area contributed by atoms with Gasteiger partial charge in [-0.25, -0.2) is 8.78 Å². The fourth-order valence-electron chi connectivity index (χ4n) is 3.85. The van der Waals surface area contributed by atoms with E-state index >= 15 is 8.78 Å². The van der Waals surface area contributed by atoms with Crippen LogP contribution in [0.3, 0.4) is 0 Å². The molecule has 5 rings (SSSR count). The standard InChI is InChI=1S/C28H25F2N3O5/c1-4-36-26-13-22-18(12-25(26)35-3)23(7-8-31-22)38-27-20(29)10-16(11-21(27)30)33-28(34)19-14-32-15(2)9-24(19)37-17-5-6-17/h7-14,17H,4-6H2,1-3H3,(H,33,34). The third-order valence-electron chi connectivity index (χ3n) is 5.82. The number of carbonyl (C=O) groups is 1. The van der Waals surface area contributed by atoms with Gasteiger partial charge in [0.15, 0.2) is 28.9 Å². The fraction of sp³-hybridized carbons (Fsp3) is 0.250. The van der Waals surface area contributed by atoms with E-state index in [0.717, 1.165) is 25.0 Å². The van der Waals surface area contributed by atoms with Crippen LogP contribution >= 0.6 is 0 Å². The van der Waals surface area contributed by atoms with Gasteiger partial charge >= 0.3 is 0 Å². The Hall–Kier alpha value is -4.47. The highest BCUT2D eigenvalue weighted by atomic mass is 19.1. The number of rotatable bonds is 9. The SMILES string of the molecule is CCOc1cc2nccc(Oc3c(F)cc(NC(=O)c4cnc(C)cc4OC4CC4)cc3F)c2cc1OC. The first-order valence-corrected chi connectivity index (χ1v) is 12.1. The first kappa shape index (κ1) is 25.2. The van der Waals surface area contributed by atoms with Gasteiger partial charge in [0.25, 0.3) is 5.91 Å². The Bertz CT molecular complexity index is 1500. The number of anilines is 1. The average Bonchev–Trinajstić information content (AvgIpc) is 3.70. The van der Waals surface area contributed by atoms with Gasteiger partial charge in [-0.15, -0.1) is 0 Å². The van der Waals surface area contributed by atoms with Gasteiger partial charge < -0.3 is 24.3 Å². The molecule has 1 amide bonds. The summed E-state index contributed by atoms with van der Waals surface area (Å²) < 4.78 is 52.5. The summed E-state index contributed by atoms with van der Waals surface area (Å²) in [5, 5.41) is 2.98. The van der Waals surface area contributed by atoms with Crippen molar-refractivity contribution in [3.8, 4) is 28.7 Å². The van der Waals surface area contributed by atoms with E-state index in [2.05, 4.69) is 15.3 Å². The zero-order valence-electron chi connectivity index (χ0n) is 21.0. The van der Waals surface area contributed by atoms with Crippen LogP contribution in [0.15, 0.2) is 48.8 Å². The number of aromatic nitrogens is 2. The number of methoxy groups -OCH3 is 1. The van der Waals surface area contributed by atoms with Gasteiger partial charge in [0, 0.05) is 53.4 Å². The molecule has 2 aromatic carbocycles. The molecule has 0 saturated heterocycles. The lowest BCUT2D eigenvalue weighted by Crippen LogP contribution is -2.15. The van der Waals surface area contributed by atoms with Gasteiger partial charge in [-0.3, -0.25) is 14.8 Å². The van der Waals surface area contributed by atoms with Crippen LogP contribution in [0.5, 0.6) is 28.7 Å². The summed E-state index contributed by atoms with van der Waals surface area (Å²) in [6, 6.07) is 8.41. The molecule has 4 aromatic rings. The smallest absolute Gasteiger partial charge is 0.261 e. The minimum Gasteiger partial charge on any atom is -0.493 e. The molecule has 0 aliphatic heterocycles. The van der Waals surface area contributed by atoms with Gasteiger partial charge in [-0.05, 0) is 38.8 Å². The molecule has 1 N–H and O–H groups in total. The van der Waals surface area contributed by atoms with Crippen LogP contribution < -0.4 is 24.3 Å². The number of benzene rings is 2. The number of carbonyl (C=O) groups excluding carboxylic acids is 1. The molecule has 0 spiro atoms. The van der Waals surface area contributed by atoms with Crippen molar-refractivity contribution >= 4 is 22.5 Å². The molecule has 0 atom stereocenters. The van der Waals surface area contributed by atoms with Gasteiger partial charge in [0.2, 0.25) is 0 Å². The molecule has 10 heteroatoms. The van der Waals surface area contributed by atoms with E-state index in [1.807, 2.05) is 6.92 Å². The van der Waals surface area contributed by atoms with Crippen LogP contribution in [-0.4, -0.2) is 35.7 Å². The molecule has 1 fully saturated rings. The van der Waals surface area contributed by atoms with Crippen LogP contribution in [-0.2, 0) is 0 Å².